The normalized spacial score (nSPS) is 17.9. The Morgan fingerprint density at radius 1 is 1.26 bits per heavy atom. The van der Waals surface area contributed by atoms with E-state index in [1.54, 1.807) is 4.90 Å². The van der Waals surface area contributed by atoms with Crippen LogP contribution < -0.4 is 5.73 Å². The third kappa shape index (κ3) is 5.52. The van der Waals surface area contributed by atoms with E-state index in [-0.39, 0.29) is 12.1 Å². The second-order valence-electron chi connectivity index (χ2n) is 7.28. The third-order valence-corrected chi connectivity index (χ3v) is 3.91. The Balaban J connectivity index is 1.85. The number of piperazine rings is 1. The topological polar surface area (TPSA) is 58.8 Å². The summed E-state index contributed by atoms with van der Waals surface area (Å²) in [5.74, 6) is 0. The van der Waals surface area contributed by atoms with E-state index in [2.05, 4.69) is 29.2 Å². The second kappa shape index (κ2) is 7.32. The van der Waals surface area contributed by atoms with E-state index in [1.807, 2.05) is 27.7 Å². The maximum Gasteiger partial charge on any atom is 0.410 e. The van der Waals surface area contributed by atoms with Crippen LogP contribution in [0.1, 0.15) is 44.9 Å². The summed E-state index contributed by atoms with van der Waals surface area (Å²) in [5.41, 5.74) is 7.94. The molecule has 2 N–H and O–H groups in total. The molecule has 1 aromatic rings. The first-order valence-corrected chi connectivity index (χ1v) is 8.29. The Bertz CT molecular complexity index is 529. The van der Waals surface area contributed by atoms with Gasteiger partial charge in [-0.2, -0.15) is 0 Å². The van der Waals surface area contributed by atoms with Crippen LogP contribution in [0.3, 0.4) is 0 Å². The van der Waals surface area contributed by atoms with Gasteiger partial charge in [0.25, 0.3) is 0 Å². The van der Waals surface area contributed by atoms with E-state index in [0.717, 1.165) is 25.2 Å². The predicted octanol–water partition coefficient (Wildman–Crippen LogP) is 2.76. The van der Waals surface area contributed by atoms with Crippen molar-refractivity contribution in [2.45, 2.75) is 45.9 Å². The monoisotopic (exact) mass is 319 g/mol. The number of nitrogens with zero attached hydrogens (tertiary/aromatic N) is 2. The van der Waals surface area contributed by atoms with Crippen molar-refractivity contribution in [1.29, 1.82) is 0 Å². The number of nitrogens with two attached hydrogens (primary N) is 1. The Kier molecular flexibility index (Phi) is 5.65. The number of hydrogen-bond donors (Lipinski definition) is 1. The lowest BCUT2D eigenvalue weighted by atomic mass is 10.1. The van der Waals surface area contributed by atoms with Gasteiger partial charge in [-0.1, -0.05) is 24.3 Å². The predicted molar refractivity (Wildman–Crippen MR) is 92.1 cm³/mol. The Labute approximate surface area is 139 Å². The van der Waals surface area contributed by atoms with Gasteiger partial charge in [0.15, 0.2) is 0 Å². The molecule has 0 radical (unpaired) electrons. The smallest absolute Gasteiger partial charge is 0.410 e. The fourth-order valence-corrected chi connectivity index (χ4v) is 2.65. The molecule has 1 aromatic carbocycles. The van der Waals surface area contributed by atoms with E-state index in [0.29, 0.717) is 13.1 Å². The van der Waals surface area contributed by atoms with Crippen molar-refractivity contribution in [3.63, 3.8) is 0 Å². The zero-order valence-electron chi connectivity index (χ0n) is 14.7. The lowest BCUT2D eigenvalue weighted by Gasteiger charge is -2.35. The zero-order valence-corrected chi connectivity index (χ0v) is 14.7. The minimum atomic E-state index is -0.437. The summed E-state index contributed by atoms with van der Waals surface area (Å²) < 4.78 is 5.43. The van der Waals surface area contributed by atoms with Crippen molar-refractivity contribution < 1.29 is 9.53 Å². The van der Waals surface area contributed by atoms with Crippen LogP contribution >= 0.6 is 0 Å². The van der Waals surface area contributed by atoms with Gasteiger partial charge in [0.1, 0.15) is 5.60 Å². The van der Waals surface area contributed by atoms with E-state index in [4.69, 9.17) is 10.5 Å². The van der Waals surface area contributed by atoms with Crippen LogP contribution in [-0.2, 0) is 11.3 Å². The van der Waals surface area contributed by atoms with Crippen LogP contribution in [0.2, 0.25) is 0 Å². The largest absolute Gasteiger partial charge is 0.444 e. The van der Waals surface area contributed by atoms with Gasteiger partial charge in [-0.15, -0.1) is 0 Å². The number of carbonyl (C=O) groups excluding carboxylic acids is 1. The van der Waals surface area contributed by atoms with Gasteiger partial charge in [0, 0.05) is 38.8 Å². The van der Waals surface area contributed by atoms with Gasteiger partial charge in [-0.05, 0) is 38.8 Å². The number of rotatable bonds is 3. The lowest BCUT2D eigenvalue weighted by molar-refractivity contribution is 0.0139. The molecule has 2 rings (SSSR count). The van der Waals surface area contributed by atoms with E-state index >= 15 is 0 Å². The molecule has 128 valence electrons. The van der Waals surface area contributed by atoms with E-state index in [9.17, 15) is 4.79 Å². The minimum Gasteiger partial charge on any atom is -0.444 e. The maximum absolute atomic E-state index is 12.1. The number of benzene rings is 1. The maximum atomic E-state index is 12.1. The molecule has 0 bridgehead atoms. The Morgan fingerprint density at radius 2 is 1.91 bits per heavy atom. The van der Waals surface area contributed by atoms with Crippen molar-refractivity contribution in [3.05, 3.63) is 35.4 Å². The van der Waals surface area contributed by atoms with Crippen molar-refractivity contribution >= 4 is 6.09 Å². The fraction of sp³-hybridized carbons (Fsp3) is 0.611. The van der Waals surface area contributed by atoms with Gasteiger partial charge < -0.3 is 15.4 Å². The first-order chi connectivity index (χ1) is 10.7. The van der Waals surface area contributed by atoms with Gasteiger partial charge in [0.05, 0.1) is 0 Å². The summed E-state index contributed by atoms with van der Waals surface area (Å²) in [5, 5.41) is 0. The Morgan fingerprint density at radius 3 is 2.48 bits per heavy atom. The van der Waals surface area contributed by atoms with E-state index < -0.39 is 5.60 Å². The molecule has 23 heavy (non-hydrogen) atoms. The first-order valence-electron chi connectivity index (χ1n) is 8.29. The highest BCUT2D eigenvalue weighted by Crippen LogP contribution is 2.16. The molecule has 5 nitrogen and oxygen atoms in total. The molecule has 5 heteroatoms. The first kappa shape index (κ1) is 17.8. The molecule has 1 saturated heterocycles. The summed E-state index contributed by atoms with van der Waals surface area (Å²) in [6.45, 7) is 11.7. The van der Waals surface area contributed by atoms with Crippen LogP contribution in [0, 0.1) is 0 Å². The molecule has 1 amide bonds. The standard InChI is InChI=1S/C18H29N3O2/c1-14(19)16-7-5-6-15(12-16)13-20-8-10-21(11-9-20)17(22)23-18(2,3)4/h5-7,12,14H,8-11,13,19H2,1-4H3. The average Bonchev–Trinajstić information content (AvgIpc) is 2.46. The summed E-state index contributed by atoms with van der Waals surface area (Å²) >= 11 is 0. The highest BCUT2D eigenvalue weighted by molar-refractivity contribution is 5.68. The number of carbonyl (C=O) groups is 1. The molecule has 0 aromatic heterocycles. The summed E-state index contributed by atoms with van der Waals surface area (Å²) in [7, 11) is 0. The molecule has 1 atom stereocenters. The molecular weight excluding hydrogens is 290 g/mol. The number of amides is 1. The average molecular weight is 319 g/mol. The third-order valence-electron chi connectivity index (χ3n) is 3.91. The highest BCUT2D eigenvalue weighted by atomic mass is 16.6. The molecular formula is C18H29N3O2. The number of ether oxygens (including phenoxy) is 1. The van der Waals surface area contributed by atoms with Crippen LogP contribution in [0.15, 0.2) is 24.3 Å². The highest BCUT2D eigenvalue weighted by Gasteiger charge is 2.25. The molecule has 0 aliphatic carbocycles. The number of hydrogen-bond acceptors (Lipinski definition) is 4. The molecule has 1 heterocycles. The second-order valence-corrected chi connectivity index (χ2v) is 7.28. The summed E-state index contributed by atoms with van der Waals surface area (Å²) in [6, 6.07) is 8.48. The van der Waals surface area contributed by atoms with Gasteiger partial charge in [-0.3, -0.25) is 4.90 Å². The van der Waals surface area contributed by atoms with Crippen LogP contribution in [0.5, 0.6) is 0 Å². The SMILES string of the molecule is CC(N)c1cccc(CN2CCN(C(=O)OC(C)(C)C)CC2)c1. The molecule has 1 unspecified atom stereocenters. The van der Waals surface area contributed by atoms with Gasteiger partial charge in [-0.25, -0.2) is 4.79 Å². The quantitative estimate of drug-likeness (QED) is 0.930. The molecule has 1 aliphatic heterocycles. The van der Waals surface area contributed by atoms with Crippen molar-refractivity contribution in [2.24, 2.45) is 5.73 Å². The van der Waals surface area contributed by atoms with Gasteiger partial charge in [0.2, 0.25) is 0 Å². The van der Waals surface area contributed by atoms with Crippen LogP contribution in [-0.4, -0.2) is 47.7 Å². The summed E-state index contributed by atoms with van der Waals surface area (Å²) in [4.78, 5) is 16.2. The van der Waals surface area contributed by atoms with Gasteiger partial charge >= 0.3 is 6.09 Å². The van der Waals surface area contributed by atoms with Crippen LogP contribution in [0.4, 0.5) is 4.79 Å². The Hall–Kier alpha value is -1.59. The summed E-state index contributed by atoms with van der Waals surface area (Å²) in [6.07, 6.45) is -0.212. The van der Waals surface area contributed by atoms with Crippen molar-refractivity contribution in [1.82, 2.24) is 9.80 Å². The van der Waals surface area contributed by atoms with Crippen molar-refractivity contribution in [2.75, 3.05) is 26.2 Å². The molecule has 1 aliphatic rings. The lowest BCUT2D eigenvalue weighted by Crippen LogP contribution is -2.49. The molecule has 0 spiro atoms. The fourth-order valence-electron chi connectivity index (χ4n) is 2.65. The minimum absolute atomic E-state index is 0.0546. The zero-order chi connectivity index (χ0) is 17.0. The van der Waals surface area contributed by atoms with Crippen LogP contribution in [0.25, 0.3) is 0 Å². The van der Waals surface area contributed by atoms with E-state index in [1.165, 1.54) is 5.56 Å². The molecule has 0 saturated carbocycles. The molecule has 1 fully saturated rings. The van der Waals surface area contributed by atoms with Crippen molar-refractivity contribution in [3.8, 4) is 0 Å².